The molecule has 0 amide bonds. The number of nitrogens with one attached hydrogen (secondary N) is 1. The quantitative estimate of drug-likeness (QED) is 0.772. The van der Waals surface area contributed by atoms with Crippen LogP contribution in [0.3, 0.4) is 0 Å². The largest absolute Gasteiger partial charge is 0.277 e. The van der Waals surface area contributed by atoms with Crippen molar-refractivity contribution in [2.24, 2.45) is 0 Å². The predicted octanol–water partition coefficient (Wildman–Crippen LogP) is 3.91. The maximum absolute atomic E-state index is 13.1. The highest BCUT2D eigenvalue weighted by Gasteiger charge is 2.23. The van der Waals surface area contributed by atoms with Crippen LogP contribution in [0.1, 0.15) is 22.3 Å². The third-order valence-corrected chi connectivity index (χ3v) is 6.10. The lowest BCUT2D eigenvalue weighted by Gasteiger charge is -2.18. The van der Waals surface area contributed by atoms with E-state index >= 15 is 0 Å². The standard InChI is InChI=1S/C19H21N3O2S/c1-13-12-14(2)16(4)19(15(13)3)25(23,24)21-17-8-5-6-9-18(17)22-11-7-10-20-22/h5-12,21H,1-4H3. The summed E-state index contributed by atoms with van der Waals surface area (Å²) in [7, 11) is -3.72. The summed E-state index contributed by atoms with van der Waals surface area (Å²) in [5.74, 6) is 0. The third kappa shape index (κ3) is 3.17. The molecule has 0 aliphatic rings. The molecule has 130 valence electrons. The maximum Gasteiger partial charge on any atom is 0.262 e. The van der Waals surface area contributed by atoms with E-state index in [4.69, 9.17) is 0 Å². The fourth-order valence-corrected chi connectivity index (χ4v) is 4.64. The smallest absolute Gasteiger partial charge is 0.262 e. The molecule has 6 heteroatoms. The highest BCUT2D eigenvalue weighted by atomic mass is 32.2. The Kier molecular flexibility index (Phi) is 4.39. The van der Waals surface area contributed by atoms with Crippen molar-refractivity contribution in [3.05, 3.63) is 71.0 Å². The summed E-state index contributed by atoms with van der Waals surface area (Å²) in [6, 6.07) is 11.0. The fourth-order valence-electron chi connectivity index (χ4n) is 2.95. The first-order valence-electron chi connectivity index (χ1n) is 8.00. The van der Waals surface area contributed by atoms with Crippen molar-refractivity contribution in [3.8, 4) is 5.69 Å². The Hall–Kier alpha value is -2.60. The number of para-hydroxylation sites is 2. The van der Waals surface area contributed by atoms with Crippen LogP contribution in [0.5, 0.6) is 0 Å². The van der Waals surface area contributed by atoms with E-state index in [9.17, 15) is 8.42 Å². The van der Waals surface area contributed by atoms with Gasteiger partial charge in [0.15, 0.2) is 0 Å². The van der Waals surface area contributed by atoms with Crippen molar-refractivity contribution in [3.63, 3.8) is 0 Å². The highest BCUT2D eigenvalue weighted by molar-refractivity contribution is 7.92. The zero-order valence-corrected chi connectivity index (χ0v) is 15.6. The van der Waals surface area contributed by atoms with Gasteiger partial charge in [-0.1, -0.05) is 18.2 Å². The van der Waals surface area contributed by atoms with Crippen LogP contribution in [0.15, 0.2) is 53.7 Å². The lowest BCUT2D eigenvalue weighted by molar-refractivity contribution is 0.599. The Morgan fingerprint density at radius 2 is 1.60 bits per heavy atom. The number of rotatable bonds is 4. The molecule has 0 aliphatic carbocycles. The van der Waals surface area contributed by atoms with E-state index in [0.717, 1.165) is 22.3 Å². The zero-order chi connectivity index (χ0) is 18.2. The van der Waals surface area contributed by atoms with Crippen LogP contribution in [0, 0.1) is 27.7 Å². The monoisotopic (exact) mass is 355 g/mol. The minimum Gasteiger partial charge on any atom is -0.277 e. The fraction of sp³-hybridized carbons (Fsp3) is 0.211. The summed E-state index contributed by atoms with van der Waals surface area (Å²) in [4.78, 5) is 0.347. The van der Waals surface area contributed by atoms with Crippen molar-refractivity contribution < 1.29 is 8.42 Å². The average Bonchev–Trinajstić information content (AvgIpc) is 3.07. The van der Waals surface area contributed by atoms with E-state index in [-0.39, 0.29) is 0 Å². The Labute approximate surface area is 148 Å². The normalized spacial score (nSPS) is 11.5. The molecular weight excluding hydrogens is 334 g/mol. The van der Waals surface area contributed by atoms with Gasteiger partial charge in [-0.05, 0) is 68.1 Å². The number of hydrogen-bond donors (Lipinski definition) is 1. The molecule has 0 radical (unpaired) electrons. The molecule has 1 heterocycles. The Bertz CT molecular complexity index is 997. The molecule has 3 aromatic rings. The summed E-state index contributed by atoms with van der Waals surface area (Å²) in [5, 5.41) is 4.20. The Balaban J connectivity index is 2.11. The van der Waals surface area contributed by atoms with Gasteiger partial charge in [0.25, 0.3) is 10.0 Å². The van der Waals surface area contributed by atoms with E-state index < -0.39 is 10.0 Å². The molecule has 0 unspecified atom stereocenters. The van der Waals surface area contributed by atoms with Gasteiger partial charge in [0, 0.05) is 12.4 Å². The molecule has 3 rings (SSSR count). The number of aromatic nitrogens is 2. The molecule has 0 bridgehead atoms. The zero-order valence-electron chi connectivity index (χ0n) is 14.7. The number of sulfonamides is 1. The van der Waals surface area contributed by atoms with Gasteiger partial charge in [-0.25, -0.2) is 13.1 Å². The van der Waals surface area contributed by atoms with Gasteiger partial charge in [0.2, 0.25) is 0 Å². The minimum atomic E-state index is -3.72. The van der Waals surface area contributed by atoms with E-state index in [1.54, 1.807) is 35.3 Å². The van der Waals surface area contributed by atoms with E-state index in [1.165, 1.54) is 0 Å². The minimum absolute atomic E-state index is 0.347. The number of nitrogens with zero attached hydrogens (tertiary/aromatic N) is 2. The average molecular weight is 355 g/mol. The molecule has 0 saturated carbocycles. The third-order valence-electron chi connectivity index (χ3n) is 4.47. The lowest BCUT2D eigenvalue weighted by atomic mass is 10.0. The second-order valence-corrected chi connectivity index (χ2v) is 7.78. The van der Waals surface area contributed by atoms with Gasteiger partial charge in [0.1, 0.15) is 0 Å². The van der Waals surface area contributed by atoms with Gasteiger partial charge >= 0.3 is 0 Å². The summed E-state index contributed by atoms with van der Waals surface area (Å²) >= 11 is 0. The molecule has 0 aliphatic heterocycles. The number of hydrogen-bond acceptors (Lipinski definition) is 3. The summed E-state index contributed by atoms with van der Waals surface area (Å²) in [6.45, 7) is 7.54. The number of benzene rings is 2. The van der Waals surface area contributed by atoms with Crippen molar-refractivity contribution >= 4 is 15.7 Å². The van der Waals surface area contributed by atoms with Crippen LogP contribution in [0.2, 0.25) is 0 Å². The van der Waals surface area contributed by atoms with Crippen molar-refractivity contribution in [1.82, 2.24) is 9.78 Å². The summed E-state index contributed by atoms with van der Waals surface area (Å²) < 4.78 is 30.6. The van der Waals surface area contributed by atoms with Gasteiger partial charge in [0.05, 0.1) is 16.3 Å². The first kappa shape index (κ1) is 17.2. The van der Waals surface area contributed by atoms with Crippen LogP contribution >= 0.6 is 0 Å². The van der Waals surface area contributed by atoms with Crippen LogP contribution < -0.4 is 4.72 Å². The first-order valence-corrected chi connectivity index (χ1v) is 9.49. The maximum atomic E-state index is 13.1. The van der Waals surface area contributed by atoms with Gasteiger partial charge in [-0.2, -0.15) is 5.10 Å². The molecule has 2 aromatic carbocycles. The van der Waals surface area contributed by atoms with E-state index in [1.807, 2.05) is 45.9 Å². The highest BCUT2D eigenvalue weighted by Crippen LogP contribution is 2.29. The predicted molar refractivity (Wildman–Crippen MR) is 99.8 cm³/mol. The number of anilines is 1. The molecule has 0 saturated heterocycles. The van der Waals surface area contributed by atoms with Crippen LogP contribution in [-0.4, -0.2) is 18.2 Å². The van der Waals surface area contributed by atoms with Gasteiger partial charge in [-0.3, -0.25) is 4.72 Å². The molecule has 5 nitrogen and oxygen atoms in total. The Morgan fingerprint density at radius 1 is 0.960 bits per heavy atom. The summed E-state index contributed by atoms with van der Waals surface area (Å²) in [6.07, 6.45) is 3.43. The molecule has 25 heavy (non-hydrogen) atoms. The number of aryl methyl sites for hydroxylation is 2. The van der Waals surface area contributed by atoms with Crippen molar-refractivity contribution in [1.29, 1.82) is 0 Å². The van der Waals surface area contributed by atoms with Crippen LogP contribution in [-0.2, 0) is 10.0 Å². The van der Waals surface area contributed by atoms with E-state index in [0.29, 0.717) is 16.3 Å². The molecular formula is C19H21N3O2S. The molecule has 0 atom stereocenters. The topological polar surface area (TPSA) is 64.0 Å². The van der Waals surface area contributed by atoms with Crippen molar-refractivity contribution in [2.75, 3.05) is 4.72 Å². The first-order chi connectivity index (χ1) is 11.8. The van der Waals surface area contributed by atoms with Gasteiger partial charge < -0.3 is 0 Å². The van der Waals surface area contributed by atoms with E-state index in [2.05, 4.69) is 9.82 Å². The van der Waals surface area contributed by atoms with Crippen LogP contribution in [0.25, 0.3) is 5.69 Å². The van der Waals surface area contributed by atoms with Gasteiger partial charge in [-0.15, -0.1) is 0 Å². The lowest BCUT2D eigenvalue weighted by Crippen LogP contribution is -2.18. The van der Waals surface area contributed by atoms with Crippen LogP contribution in [0.4, 0.5) is 5.69 Å². The second kappa shape index (κ2) is 6.37. The van der Waals surface area contributed by atoms with Crippen molar-refractivity contribution in [2.45, 2.75) is 32.6 Å². The molecule has 1 aromatic heterocycles. The molecule has 0 fully saturated rings. The molecule has 0 spiro atoms. The Morgan fingerprint density at radius 3 is 2.20 bits per heavy atom. The summed E-state index contributed by atoms with van der Waals surface area (Å²) in [5.41, 5.74) is 4.63. The second-order valence-electron chi connectivity index (χ2n) is 6.16. The SMILES string of the molecule is Cc1cc(C)c(C)c(S(=O)(=O)Nc2ccccc2-n2cccn2)c1C. The molecule has 1 N–H and O–H groups in total.